The zero-order valence-electron chi connectivity index (χ0n) is 8.57. The predicted molar refractivity (Wildman–Crippen MR) is 66.1 cm³/mol. The van der Waals surface area contributed by atoms with Crippen LogP contribution < -0.4 is 5.32 Å². The Morgan fingerprint density at radius 1 is 1.53 bits per heavy atom. The number of nitrogens with zero attached hydrogens (tertiary/aromatic N) is 2. The lowest BCUT2D eigenvalue weighted by Crippen LogP contribution is -2.16. The number of aryl methyl sites for hydroxylation is 1. The second kappa shape index (κ2) is 4.47. The summed E-state index contributed by atoms with van der Waals surface area (Å²) in [5.41, 5.74) is 2.44. The maximum atomic E-state index is 4.19. The van der Waals surface area contributed by atoms with Crippen LogP contribution >= 0.6 is 27.3 Å². The van der Waals surface area contributed by atoms with Gasteiger partial charge in [-0.15, -0.1) is 0 Å². The SMILES string of the molecule is CNC(c1cnn(C)c1)c1cscc1Br. The van der Waals surface area contributed by atoms with Gasteiger partial charge in [0.1, 0.15) is 0 Å². The molecule has 2 heterocycles. The third kappa shape index (κ3) is 2.14. The van der Waals surface area contributed by atoms with Gasteiger partial charge in [-0.3, -0.25) is 4.68 Å². The molecule has 2 aromatic heterocycles. The van der Waals surface area contributed by atoms with Crippen LogP contribution in [0.4, 0.5) is 0 Å². The molecular weight excluding hydrogens is 274 g/mol. The van der Waals surface area contributed by atoms with Crippen LogP contribution in [0, 0.1) is 0 Å². The molecule has 0 bridgehead atoms. The van der Waals surface area contributed by atoms with Crippen molar-refractivity contribution in [1.29, 1.82) is 0 Å². The summed E-state index contributed by atoms with van der Waals surface area (Å²) in [4.78, 5) is 0. The zero-order chi connectivity index (χ0) is 10.8. The van der Waals surface area contributed by atoms with E-state index >= 15 is 0 Å². The van der Waals surface area contributed by atoms with Crippen LogP contribution in [0.2, 0.25) is 0 Å². The molecule has 1 unspecified atom stereocenters. The molecular formula is C10H12BrN3S. The largest absolute Gasteiger partial charge is 0.309 e. The summed E-state index contributed by atoms with van der Waals surface area (Å²) in [6, 6.07) is 0.208. The summed E-state index contributed by atoms with van der Waals surface area (Å²) in [6.45, 7) is 0. The lowest BCUT2D eigenvalue weighted by atomic mass is 10.1. The van der Waals surface area contributed by atoms with Crippen LogP contribution in [0.1, 0.15) is 17.2 Å². The second-order valence-corrected chi connectivity index (χ2v) is 4.94. The highest BCUT2D eigenvalue weighted by Crippen LogP contribution is 2.30. The average molecular weight is 286 g/mol. The van der Waals surface area contributed by atoms with E-state index in [2.05, 4.69) is 37.1 Å². The standard InChI is InChI=1S/C10H12BrN3S/c1-12-10(7-3-13-14(2)4-7)8-5-15-6-9(8)11/h3-6,10,12H,1-2H3. The van der Waals surface area contributed by atoms with Gasteiger partial charge in [0.25, 0.3) is 0 Å². The van der Waals surface area contributed by atoms with Crippen molar-refractivity contribution in [3.8, 4) is 0 Å². The first-order valence-electron chi connectivity index (χ1n) is 4.59. The molecule has 0 amide bonds. The normalized spacial score (nSPS) is 13.0. The minimum Gasteiger partial charge on any atom is -0.309 e. The van der Waals surface area contributed by atoms with Crippen molar-refractivity contribution in [1.82, 2.24) is 15.1 Å². The molecule has 80 valence electrons. The van der Waals surface area contributed by atoms with Crippen LogP contribution in [0.5, 0.6) is 0 Å². The smallest absolute Gasteiger partial charge is 0.0624 e. The highest BCUT2D eigenvalue weighted by molar-refractivity contribution is 9.10. The number of halogens is 1. The van der Waals surface area contributed by atoms with E-state index in [4.69, 9.17) is 0 Å². The summed E-state index contributed by atoms with van der Waals surface area (Å²) in [5, 5.41) is 11.7. The fourth-order valence-corrected chi connectivity index (χ4v) is 3.14. The Hall–Kier alpha value is -0.650. The topological polar surface area (TPSA) is 29.9 Å². The van der Waals surface area contributed by atoms with E-state index in [1.54, 1.807) is 11.3 Å². The highest BCUT2D eigenvalue weighted by atomic mass is 79.9. The minimum atomic E-state index is 0.208. The van der Waals surface area contributed by atoms with Gasteiger partial charge in [0.05, 0.1) is 12.2 Å². The van der Waals surface area contributed by atoms with Crippen molar-refractivity contribution >= 4 is 27.3 Å². The van der Waals surface area contributed by atoms with Crippen LogP contribution in [0.15, 0.2) is 27.6 Å². The van der Waals surface area contributed by atoms with Gasteiger partial charge in [-0.05, 0) is 33.9 Å². The van der Waals surface area contributed by atoms with E-state index < -0.39 is 0 Å². The predicted octanol–water partition coefficient (Wildman–Crippen LogP) is 2.55. The van der Waals surface area contributed by atoms with Gasteiger partial charge in [0.2, 0.25) is 0 Å². The molecule has 0 aliphatic heterocycles. The minimum absolute atomic E-state index is 0.208. The Kier molecular flexibility index (Phi) is 3.23. The van der Waals surface area contributed by atoms with E-state index in [9.17, 15) is 0 Å². The van der Waals surface area contributed by atoms with Gasteiger partial charge in [-0.25, -0.2) is 0 Å². The van der Waals surface area contributed by atoms with Crippen LogP contribution in [0.3, 0.4) is 0 Å². The van der Waals surface area contributed by atoms with E-state index in [0.717, 1.165) is 4.47 Å². The molecule has 0 aromatic carbocycles. The highest BCUT2D eigenvalue weighted by Gasteiger charge is 2.16. The fourth-order valence-electron chi connectivity index (χ4n) is 1.59. The molecule has 0 saturated heterocycles. The van der Waals surface area contributed by atoms with E-state index in [-0.39, 0.29) is 6.04 Å². The van der Waals surface area contributed by atoms with Crippen LogP contribution in [-0.4, -0.2) is 16.8 Å². The molecule has 0 aliphatic rings. The van der Waals surface area contributed by atoms with Gasteiger partial charge < -0.3 is 5.32 Å². The summed E-state index contributed by atoms with van der Waals surface area (Å²) >= 11 is 5.25. The maximum Gasteiger partial charge on any atom is 0.0624 e. The molecule has 0 spiro atoms. The van der Waals surface area contributed by atoms with Crippen molar-refractivity contribution < 1.29 is 0 Å². The lowest BCUT2D eigenvalue weighted by molar-refractivity contribution is 0.689. The van der Waals surface area contributed by atoms with Gasteiger partial charge in [-0.2, -0.15) is 16.4 Å². The Morgan fingerprint density at radius 3 is 2.80 bits per heavy atom. The molecule has 0 fully saturated rings. The average Bonchev–Trinajstić information content (AvgIpc) is 2.79. The zero-order valence-corrected chi connectivity index (χ0v) is 11.0. The van der Waals surface area contributed by atoms with Crippen molar-refractivity contribution in [3.05, 3.63) is 38.8 Å². The molecule has 0 radical (unpaired) electrons. The number of thiophene rings is 1. The Balaban J connectivity index is 2.36. The summed E-state index contributed by atoms with van der Waals surface area (Å²) in [5.74, 6) is 0. The van der Waals surface area contributed by atoms with Crippen molar-refractivity contribution in [2.45, 2.75) is 6.04 Å². The molecule has 1 atom stereocenters. The number of hydrogen-bond acceptors (Lipinski definition) is 3. The monoisotopic (exact) mass is 285 g/mol. The molecule has 5 heteroatoms. The molecule has 2 rings (SSSR count). The van der Waals surface area contributed by atoms with Crippen LogP contribution in [0.25, 0.3) is 0 Å². The molecule has 0 aliphatic carbocycles. The summed E-state index contributed by atoms with van der Waals surface area (Å²) in [6.07, 6.45) is 3.93. The van der Waals surface area contributed by atoms with Gasteiger partial charge in [0.15, 0.2) is 0 Å². The van der Waals surface area contributed by atoms with Gasteiger partial charge >= 0.3 is 0 Å². The Labute approximate surface area is 101 Å². The maximum absolute atomic E-state index is 4.19. The van der Waals surface area contributed by atoms with Crippen molar-refractivity contribution in [3.63, 3.8) is 0 Å². The number of nitrogens with one attached hydrogen (secondary N) is 1. The van der Waals surface area contributed by atoms with Crippen molar-refractivity contribution in [2.24, 2.45) is 7.05 Å². The van der Waals surface area contributed by atoms with Gasteiger partial charge in [0, 0.05) is 28.7 Å². The lowest BCUT2D eigenvalue weighted by Gasteiger charge is -2.13. The van der Waals surface area contributed by atoms with Crippen LogP contribution in [-0.2, 0) is 7.05 Å². The Morgan fingerprint density at radius 2 is 2.33 bits per heavy atom. The first kappa shape index (κ1) is 10.9. The first-order chi connectivity index (χ1) is 7.22. The quantitative estimate of drug-likeness (QED) is 0.939. The fraction of sp³-hybridized carbons (Fsp3) is 0.300. The third-order valence-corrected chi connectivity index (χ3v) is 4.05. The molecule has 3 nitrogen and oxygen atoms in total. The van der Waals surface area contributed by atoms with Crippen molar-refractivity contribution in [2.75, 3.05) is 7.05 Å². The molecule has 15 heavy (non-hydrogen) atoms. The molecule has 1 N–H and O–H groups in total. The Bertz CT molecular complexity index is 449. The summed E-state index contributed by atoms with van der Waals surface area (Å²) in [7, 11) is 3.89. The second-order valence-electron chi connectivity index (χ2n) is 3.34. The first-order valence-corrected chi connectivity index (χ1v) is 6.33. The van der Waals surface area contributed by atoms with Gasteiger partial charge in [-0.1, -0.05) is 0 Å². The summed E-state index contributed by atoms with van der Waals surface area (Å²) < 4.78 is 2.97. The van der Waals surface area contributed by atoms with E-state index in [0.29, 0.717) is 0 Å². The molecule has 0 saturated carbocycles. The third-order valence-electron chi connectivity index (χ3n) is 2.30. The number of hydrogen-bond donors (Lipinski definition) is 1. The number of rotatable bonds is 3. The van der Waals surface area contributed by atoms with E-state index in [1.807, 2.05) is 31.2 Å². The van der Waals surface area contributed by atoms with E-state index in [1.165, 1.54) is 11.1 Å². The molecule has 2 aromatic rings. The number of aromatic nitrogens is 2.